The number of carbonyl (C=O) groups is 1. The molecule has 1 aliphatic heterocycles. The molecule has 0 bridgehead atoms. The van der Waals surface area contributed by atoms with Crippen molar-refractivity contribution in [2.45, 2.75) is 52.2 Å². The van der Waals surface area contributed by atoms with E-state index in [-0.39, 0.29) is 12.1 Å². The Kier molecular flexibility index (Phi) is 6.24. The number of imidazole rings is 1. The van der Waals surface area contributed by atoms with Crippen molar-refractivity contribution in [2.24, 2.45) is 5.92 Å². The minimum atomic E-state index is -0.267. The lowest BCUT2D eigenvalue weighted by Gasteiger charge is -2.33. The molecule has 0 aromatic carbocycles. The number of piperidine rings is 1. The molecule has 0 saturated carbocycles. The van der Waals surface area contributed by atoms with Crippen LogP contribution in [0.4, 0.5) is 4.79 Å². The van der Waals surface area contributed by atoms with E-state index < -0.39 is 0 Å². The first-order chi connectivity index (χ1) is 10.6. The molecule has 1 atom stereocenters. The van der Waals surface area contributed by atoms with Crippen molar-refractivity contribution in [3.8, 4) is 0 Å². The van der Waals surface area contributed by atoms with Gasteiger partial charge in [-0.1, -0.05) is 0 Å². The largest absolute Gasteiger partial charge is 0.393 e. The van der Waals surface area contributed by atoms with Crippen molar-refractivity contribution >= 4 is 6.03 Å². The van der Waals surface area contributed by atoms with Crippen LogP contribution in [0.25, 0.3) is 0 Å². The average Bonchev–Trinajstić information content (AvgIpc) is 2.92. The highest BCUT2D eigenvalue weighted by molar-refractivity contribution is 5.74. The van der Waals surface area contributed by atoms with Gasteiger partial charge in [-0.25, -0.2) is 9.78 Å². The monoisotopic (exact) mass is 308 g/mol. The van der Waals surface area contributed by atoms with E-state index in [1.807, 2.05) is 31.1 Å². The summed E-state index contributed by atoms with van der Waals surface area (Å²) in [4.78, 5) is 18.1. The van der Waals surface area contributed by atoms with Crippen molar-refractivity contribution < 1.29 is 9.90 Å². The number of amides is 2. The van der Waals surface area contributed by atoms with Gasteiger partial charge in [-0.15, -0.1) is 0 Å². The molecule has 2 N–H and O–H groups in total. The van der Waals surface area contributed by atoms with Gasteiger partial charge in [-0.05, 0) is 45.4 Å². The van der Waals surface area contributed by atoms with Crippen LogP contribution < -0.4 is 5.32 Å². The van der Waals surface area contributed by atoms with Gasteiger partial charge in [0.05, 0.1) is 6.10 Å². The first kappa shape index (κ1) is 16.8. The molecule has 124 valence electrons. The van der Waals surface area contributed by atoms with E-state index in [4.69, 9.17) is 0 Å². The Bertz CT molecular complexity index is 464. The van der Waals surface area contributed by atoms with Crippen LogP contribution in [-0.2, 0) is 6.54 Å². The van der Waals surface area contributed by atoms with Crippen molar-refractivity contribution in [3.63, 3.8) is 0 Å². The molecular weight excluding hydrogens is 280 g/mol. The number of aliphatic hydroxyl groups is 1. The third kappa shape index (κ3) is 4.73. The van der Waals surface area contributed by atoms with Gasteiger partial charge >= 0.3 is 6.03 Å². The van der Waals surface area contributed by atoms with E-state index in [2.05, 4.69) is 14.9 Å². The summed E-state index contributed by atoms with van der Waals surface area (Å²) >= 11 is 0. The Labute approximate surface area is 132 Å². The highest BCUT2D eigenvalue weighted by atomic mass is 16.3. The third-order valence-electron chi connectivity index (χ3n) is 4.53. The van der Waals surface area contributed by atoms with Crippen LogP contribution in [0.5, 0.6) is 0 Å². The average molecular weight is 308 g/mol. The highest BCUT2D eigenvalue weighted by Crippen LogP contribution is 2.20. The zero-order chi connectivity index (χ0) is 15.9. The Morgan fingerprint density at radius 1 is 1.45 bits per heavy atom. The molecule has 2 rings (SSSR count). The predicted molar refractivity (Wildman–Crippen MR) is 85.6 cm³/mol. The van der Waals surface area contributed by atoms with E-state index >= 15 is 0 Å². The lowest BCUT2D eigenvalue weighted by atomic mass is 9.92. The van der Waals surface area contributed by atoms with Gasteiger partial charge in [0.15, 0.2) is 0 Å². The number of aromatic nitrogens is 2. The molecule has 2 amide bonds. The van der Waals surface area contributed by atoms with Crippen molar-refractivity contribution in [2.75, 3.05) is 19.6 Å². The molecule has 0 radical (unpaired) electrons. The first-order valence-electron chi connectivity index (χ1n) is 8.26. The second-order valence-corrected chi connectivity index (χ2v) is 6.17. The van der Waals surface area contributed by atoms with Crippen molar-refractivity contribution in [1.29, 1.82) is 0 Å². The van der Waals surface area contributed by atoms with Crippen LogP contribution >= 0.6 is 0 Å². The molecule has 1 unspecified atom stereocenters. The summed E-state index contributed by atoms with van der Waals surface area (Å²) in [5.41, 5.74) is 0. The lowest BCUT2D eigenvalue weighted by molar-refractivity contribution is 0.0798. The fourth-order valence-electron chi connectivity index (χ4n) is 2.94. The van der Waals surface area contributed by atoms with Gasteiger partial charge in [0, 0.05) is 38.6 Å². The summed E-state index contributed by atoms with van der Waals surface area (Å²) in [5.74, 6) is 1.37. The number of aryl methyl sites for hydroxylation is 2. The lowest BCUT2D eigenvalue weighted by Crippen LogP contribution is -2.46. The summed E-state index contributed by atoms with van der Waals surface area (Å²) in [6, 6.07) is 0.0304. The highest BCUT2D eigenvalue weighted by Gasteiger charge is 2.24. The Hall–Kier alpha value is -1.56. The van der Waals surface area contributed by atoms with E-state index in [9.17, 15) is 9.90 Å². The number of carbonyl (C=O) groups excluding carboxylic acids is 1. The topological polar surface area (TPSA) is 70.4 Å². The fourth-order valence-corrected chi connectivity index (χ4v) is 2.94. The van der Waals surface area contributed by atoms with E-state index in [0.29, 0.717) is 12.5 Å². The quantitative estimate of drug-likeness (QED) is 0.787. The standard InChI is InChI=1S/C16H28N4O2/c1-13(21)15-5-10-20(11-6-15)16(22)18-7-3-4-9-19-12-8-17-14(19)2/h8,12-13,15,21H,3-7,9-11H2,1-2H3,(H,18,22). The molecule has 1 aliphatic rings. The van der Waals surface area contributed by atoms with Gasteiger partial charge in [-0.2, -0.15) is 0 Å². The van der Waals surface area contributed by atoms with E-state index in [1.54, 1.807) is 0 Å². The SMILES string of the molecule is Cc1nccn1CCCCNC(=O)N1CCC(C(C)O)CC1. The zero-order valence-electron chi connectivity index (χ0n) is 13.7. The van der Waals surface area contributed by atoms with Crippen molar-refractivity contribution in [1.82, 2.24) is 19.8 Å². The van der Waals surface area contributed by atoms with E-state index in [0.717, 1.165) is 51.1 Å². The molecule has 6 heteroatoms. The van der Waals surface area contributed by atoms with Gasteiger partial charge in [0.2, 0.25) is 0 Å². The van der Waals surface area contributed by atoms with Crippen LogP contribution in [-0.4, -0.2) is 51.3 Å². The maximum Gasteiger partial charge on any atom is 0.317 e. The first-order valence-corrected chi connectivity index (χ1v) is 8.26. The van der Waals surface area contributed by atoms with Gasteiger partial charge < -0.3 is 19.9 Å². The Morgan fingerprint density at radius 3 is 2.77 bits per heavy atom. The van der Waals surface area contributed by atoms with E-state index in [1.165, 1.54) is 0 Å². The smallest absolute Gasteiger partial charge is 0.317 e. The number of nitrogens with one attached hydrogen (secondary N) is 1. The van der Waals surface area contributed by atoms with Crippen LogP contribution in [0, 0.1) is 12.8 Å². The maximum absolute atomic E-state index is 12.1. The molecule has 0 aliphatic carbocycles. The van der Waals surface area contributed by atoms with Crippen LogP contribution in [0.1, 0.15) is 38.4 Å². The summed E-state index contributed by atoms with van der Waals surface area (Å²) in [7, 11) is 0. The maximum atomic E-state index is 12.1. The molecule has 2 heterocycles. The van der Waals surface area contributed by atoms with Crippen LogP contribution in [0.2, 0.25) is 0 Å². The normalized spacial score (nSPS) is 17.5. The minimum Gasteiger partial charge on any atom is -0.393 e. The number of urea groups is 1. The second kappa shape index (κ2) is 8.17. The second-order valence-electron chi connectivity index (χ2n) is 6.17. The fraction of sp³-hybridized carbons (Fsp3) is 0.750. The number of hydrogen-bond donors (Lipinski definition) is 2. The number of rotatable bonds is 6. The van der Waals surface area contributed by atoms with Crippen LogP contribution in [0.3, 0.4) is 0 Å². The van der Waals surface area contributed by atoms with Crippen molar-refractivity contribution in [3.05, 3.63) is 18.2 Å². The Morgan fingerprint density at radius 2 is 2.18 bits per heavy atom. The molecule has 0 spiro atoms. The number of aliphatic hydroxyl groups excluding tert-OH is 1. The van der Waals surface area contributed by atoms with Gasteiger partial charge in [0.25, 0.3) is 0 Å². The van der Waals surface area contributed by atoms with Gasteiger partial charge in [0.1, 0.15) is 5.82 Å². The molecule has 6 nitrogen and oxygen atoms in total. The number of nitrogens with zero attached hydrogens (tertiary/aromatic N) is 3. The molecule has 22 heavy (non-hydrogen) atoms. The van der Waals surface area contributed by atoms with Gasteiger partial charge in [-0.3, -0.25) is 0 Å². The minimum absolute atomic E-state index is 0.0304. The molecule has 1 aromatic rings. The summed E-state index contributed by atoms with van der Waals surface area (Å²) in [6.07, 6.45) is 7.32. The molecule has 1 saturated heterocycles. The molecule has 1 fully saturated rings. The zero-order valence-corrected chi connectivity index (χ0v) is 13.7. The summed E-state index contributed by atoms with van der Waals surface area (Å²) in [6.45, 7) is 6.98. The third-order valence-corrected chi connectivity index (χ3v) is 4.53. The summed E-state index contributed by atoms with van der Waals surface area (Å²) < 4.78 is 2.13. The number of unbranched alkanes of at least 4 members (excludes halogenated alkanes) is 1. The summed E-state index contributed by atoms with van der Waals surface area (Å²) in [5, 5.41) is 12.6. The molecular formula is C16H28N4O2. The molecule has 1 aromatic heterocycles. The van der Waals surface area contributed by atoms with Crippen LogP contribution in [0.15, 0.2) is 12.4 Å². The predicted octanol–water partition coefficient (Wildman–Crippen LogP) is 1.77. The number of likely N-dealkylation sites (tertiary alicyclic amines) is 1. The Balaban J connectivity index is 1.57. The number of hydrogen-bond acceptors (Lipinski definition) is 3.